The van der Waals surface area contributed by atoms with Crippen molar-refractivity contribution in [1.82, 2.24) is 10.3 Å². The van der Waals surface area contributed by atoms with Gasteiger partial charge in [0.1, 0.15) is 5.69 Å². The highest BCUT2D eigenvalue weighted by Gasteiger charge is 2.29. The maximum absolute atomic E-state index is 12.6. The summed E-state index contributed by atoms with van der Waals surface area (Å²) in [6, 6.07) is 15.7. The maximum Gasteiger partial charge on any atom is 0.416 e. The lowest BCUT2D eigenvalue weighted by Crippen LogP contribution is -2.23. The zero-order valence-electron chi connectivity index (χ0n) is 15.0. The fourth-order valence-corrected chi connectivity index (χ4v) is 2.49. The number of nitrogens with one attached hydrogen (secondary N) is 2. The summed E-state index contributed by atoms with van der Waals surface area (Å²) in [7, 11) is 0. The minimum Gasteiger partial charge on any atom is -0.354 e. The van der Waals surface area contributed by atoms with Gasteiger partial charge in [0.05, 0.1) is 17.4 Å². The Bertz CT molecular complexity index is 935. The SMILES string of the molecule is Cc1ccc(CNC(=O)c2ccc(Nc3ccc(C(F)(F)F)cc3)cn2)cc1. The summed E-state index contributed by atoms with van der Waals surface area (Å²) in [6.07, 6.45) is -2.91. The standard InChI is InChI=1S/C21H18F3N3O/c1-14-2-4-15(5-3-14)12-26-20(28)19-11-10-18(13-25-19)27-17-8-6-16(7-9-17)21(22,23)24/h2-11,13,27H,12H2,1H3,(H,26,28). The van der Waals surface area contributed by atoms with Gasteiger partial charge in [0.15, 0.2) is 0 Å². The molecule has 0 unspecified atom stereocenters. The quantitative estimate of drug-likeness (QED) is 0.644. The van der Waals surface area contributed by atoms with Crippen LogP contribution in [0.1, 0.15) is 27.2 Å². The number of nitrogens with zero attached hydrogens (tertiary/aromatic N) is 1. The van der Waals surface area contributed by atoms with Crippen molar-refractivity contribution in [2.24, 2.45) is 0 Å². The van der Waals surface area contributed by atoms with Gasteiger partial charge in [-0.05, 0) is 48.9 Å². The first-order valence-corrected chi connectivity index (χ1v) is 8.55. The monoisotopic (exact) mass is 385 g/mol. The Hall–Kier alpha value is -3.35. The molecule has 2 N–H and O–H groups in total. The van der Waals surface area contributed by atoms with Crippen LogP contribution >= 0.6 is 0 Å². The van der Waals surface area contributed by atoms with Crippen molar-refractivity contribution >= 4 is 17.3 Å². The van der Waals surface area contributed by atoms with Crippen molar-refractivity contribution < 1.29 is 18.0 Å². The van der Waals surface area contributed by atoms with Gasteiger partial charge in [-0.2, -0.15) is 13.2 Å². The second-order valence-corrected chi connectivity index (χ2v) is 6.30. The van der Waals surface area contributed by atoms with E-state index < -0.39 is 11.7 Å². The van der Waals surface area contributed by atoms with Gasteiger partial charge in [-0.15, -0.1) is 0 Å². The molecule has 0 aliphatic carbocycles. The Labute approximate surface area is 160 Å². The molecule has 0 aliphatic heterocycles. The van der Waals surface area contributed by atoms with Crippen LogP contribution in [0.5, 0.6) is 0 Å². The summed E-state index contributed by atoms with van der Waals surface area (Å²) in [5.41, 5.74) is 2.73. The van der Waals surface area contributed by atoms with E-state index >= 15 is 0 Å². The zero-order chi connectivity index (χ0) is 20.1. The van der Waals surface area contributed by atoms with Gasteiger partial charge in [0.25, 0.3) is 5.91 Å². The highest BCUT2D eigenvalue weighted by molar-refractivity contribution is 5.92. The van der Waals surface area contributed by atoms with E-state index in [2.05, 4.69) is 15.6 Å². The maximum atomic E-state index is 12.6. The highest BCUT2D eigenvalue weighted by Crippen LogP contribution is 2.30. The Morgan fingerprint density at radius 3 is 2.14 bits per heavy atom. The molecule has 7 heteroatoms. The fourth-order valence-electron chi connectivity index (χ4n) is 2.49. The number of halogens is 3. The van der Waals surface area contributed by atoms with Crippen LogP contribution in [0.3, 0.4) is 0 Å². The number of rotatable bonds is 5. The summed E-state index contributed by atoms with van der Waals surface area (Å²) >= 11 is 0. The first kappa shape index (κ1) is 19.4. The summed E-state index contributed by atoms with van der Waals surface area (Å²) in [5.74, 6) is -0.304. The largest absolute Gasteiger partial charge is 0.416 e. The molecule has 0 fully saturated rings. The molecule has 28 heavy (non-hydrogen) atoms. The van der Waals surface area contributed by atoms with E-state index in [0.717, 1.165) is 23.3 Å². The number of hydrogen-bond donors (Lipinski definition) is 2. The van der Waals surface area contributed by atoms with E-state index in [1.165, 1.54) is 18.3 Å². The Kier molecular flexibility index (Phi) is 5.63. The summed E-state index contributed by atoms with van der Waals surface area (Å²) < 4.78 is 37.8. The van der Waals surface area contributed by atoms with Gasteiger partial charge in [-0.3, -0.25) is 4.79 Å². The first-order chi connectivity index (χ1) is 13.3. The molecule has 0 radical (unpaired) electrons. The predicted molar refractivity (Wildman–Crippen MR) is 101 cm³/mol. The topological polar surface area (TPSA) is 54.0 Å². The number of alkyl halides is 3. The first-order valence-electron chi connectivity index (χ1n) is 8.55. The molecule has 3 rings (SSSR count). The van der Waals surface area contributed by atoms with Gasteiger partial charge in [-0.25, -0.2) is 4.98 Å². The van der Waals surface area contributed by atoms with Crippen LogP contribution in [0.4, 0.5) is 24.5 Å². The molecule has 0 saturated carbocycles. The summed E-state index contributed by atoms with van der Waals surface area (Å²) in [6.45, 7) is 2.39. The lowest BCUT2D eigenvalue weighted by atomic mass is 10.1. The molecular weight excluding hydrogens is 367 g/mol. The number of carbonyl (C=O) groups is 1. The van der Waals surface area contributed by atoms with Gasteiger partial charge >= 0.3 is 6.18 Å². The van der Waals surface area contributed by atoms with Crippen molar-refractivity contribution in [2.75, 3.05) is 5.32 Å². The van der Waals surface area contributed by atoms with Crippen LogP contribution in [0.2, 0.25) is 0 Å². The van der Waals surface area contributed by atoms with E-state index in [-0.39, 0.29) is 11.6 Å². The average molecular weight is 385 g/mol. The van der Waals surface area contributed by atoms with Crippen molar-refractivity contribution in [3.63, 3.8) is 0 Å². The third kappa shape index (κ3) is 5.09. The lowest BCUT2D eigenvalue weighted by Gasteiger charge is -2.10. The van der Waals surface area contributed by atoms with Gasteiger partial charge < -0.3 is 10.6 Å². The van der Waals surface area contributed by atoms with Crippen LogP contribution in [-0.4, -0.2) is 10.9 Å². The Morgan fingerprint density at radius 2 is 1.57 bits per heavy atom. The Morgan fingerprint density at radius 1 is 0.929 bits per heavy atom. The van der Waals surface area contributed by atoms with Crippen LogP contribution in [0.15, 0.2) is 66.9 Å². The van der Waals surface area contributed by atoms with Gasteiger partial charge in [0, 0.05) is 12.2 Å². The average Bonchev–Trinajstić information content (AvgIpc) is 2.67. The number of amides is 1. The molecule has 0 aliphatic rings. The molecular formula is C21H18F3N3O. The summed E-state index contributed by atoms with van der Waals surface area (Å²) in [4.78, 5) is 16.3. The van der Waals surface area contributed by atoms with Gasteiger partial charge in [-0.1, -0.05) is 29.8 Å². The van der Waals surface area contributed by atoms with Crippen LogP contribution < -0.4 is 10.6 Å². The number of benzene rings is 2. The van der Waals surface area contributed by atoms with Crippen molar-refractivity contribution in [3.05, 3.63) is 89.2 Å². The van der Waals surface area contributed by atoms with E-state index in [1.54, 1.807) is 12.1 Å². The molecule has 4 nitrogen and oxygen atoms in total. The molecule has 1 aromatic heterocycles. The third-order valence-electron chi connectivity index (χ3n) is 4.07. The van der Waals surface area contributed by atoms with Crippen LogP contribution in [-0.2, 0) is 12.7 Å². The molecule has 1 amide bonds. The molecule has 0 saturated heterocycles. The smallest absolute Gasteiger partial charge is 0.354 e. The number of hydrogen-bond acceptors (Lipinski definition) is 3. The number of aromatic nitrogens is 1. The van der Waals surface area contributed by atoms with Crippen molar-refractivity contribution in [2.45, 2.75) is 19.6 Å². The minimum absolute atomic E-state index is 0.255. The highest BCUT2D eigenvalue weighted by atomic mass is 19.4. The molecule has 0 bridgehead atoms. The zero-order valence-corrected chi connectivity index (χ0v) is 15.0. The van der Waals surface area contributed by atoms with Gasteiger partial charge in [0.2, 0.25) is 0 Å². The molecule has 3 aromatic rings. The summed E-state index contributed by atoms with van der Waals surface area (Å²) in [5, 5.41) is 5.75. The number of anilines is 2. The van der Waals surface area contributed by atoms with Crippen LogP contribution in [0.25, 0.3) is 0 Å². The van der Waals surface area contributed by atoms with E-state index in [4.69, 9.17) is 0 Å². The second kappa shape index (κ2) is 8.12. The molecule has 2 aromatic carbocycles. The predicted octanol–water partition coefficient (Wildman–Crippen LogP) is 5.08. The molecule has 0 atom stereocenters. The van der Waals surface area contributed by atoms with E-state index in [9.17, 15) is 18.0 Å². The third-order valence-corrected chi connectivity index (χ3v) is 4.07. The second-order valence-electron chi connectivity index (χ2n) is 6.30. The van der Waals surface area contributed by atoms with E-state index in [1.807, 2.05) is 31.2 Å². The molecule has 144 valence electrons. The molecule has 0 spiro atoms. The molecule has 1 heterocycles. The Balaban J connectivity index is 1.58. The van der Waals surface area contributed by atoms with Crippen molar-refractivity contribution in [1.29, 1.82) is 0 Å². The minimum atomic E-state index is -4.37. The number of aryl methyl sites for hydroxylation is 1. The van der Waals surface area contributed by atoms with Crippen LogP contribution in [0, 0.1) is 6.92 Å². The van der Waals surface area contributed by atoms with E-state index in [0.29, 0.717) is 17.9 Å². The normalized spacial score (nSPS) is 11.1. The van der Waals surface area contributed by atoms with Crippen molar-refractivity contribution in [3.8, 4) is 0 Å². The number of carbonyl (C=O) groups excluding carboxylic acids is 1. The lowest BCUT2D eigenvalue weighted by molar-refractivity contribution is -0.137. The number of pyridine rings is 1. The fraction of sp³-hybridized carbons (Fsp3) is 0.143.